The highest BCUT2D eigenvalue weighted by Gasteiger charge is 2.22. The number of nitrogens with zero attached hydrogens (tertiary/aromatic N) is 3. The Kier molecular flexibility index (Phi) is 5.44. The predicted molar refractivity (Wildman–Crippen MR) is 125 cm³/mol. The zero-order chi connectivity index (χ0) is 20.5. The number of hydrogen-bond donors (Lipinski definition) is 1. The first kappa shape index (κ1) is 19.5. The first-order valence-electron chi connectivity index (χ1n) is 10.9. The lowest BCUT2D eigenvalue weighted by Crippen LogP contribution is -2.46. The summed E-state index contributed by atoms with van der Waals surface area (Å²) in [5.41, 5.74) is 3.66. The van der Waals surface area contributed by atoms with Crippen LogP contribution < -0.4 is 10.2 Å². The third kappa shape index (κ3) is 3.94. The Hall–Kier alpha value is -2.44. The largest absolute Gasteiger partial charge is 0.353 e. The second-order valence-electron chi connectivity index (χ2n) is 8.51. The number of rotatable bonds is 5. The molecule has 30 heavy (non-hydrogen) atoms. The van der Waals surface area contributed by atoms with Gasteiger partial charge in [0, 0.05) is 43.7 Å². The molecule has 0 radical (unpaired) electrons. The molecule has 2 aromatic carbocycles. The van der Waals surface area contributed by atoms with Crippen molar-refractivity contribution in [1.29, 1.82) is 0 Å². The van der Waals surface area contributed by atoms with E-state index in [0.29, 0.717) is 12.3 Å². The maximum atomic E-state index is 11.7. The molecule has 3 aromatic rings. The molecule has 1 saturated heterocycles. The van der Waals surface area contributed by atoms with E-state index in [1.54, 1.807) is 11.5 Å². The van der Waals surface area contributed by atoms with E-state index in [4.69, 9.17) is 4.37 Å². The molecule has 5 rings (SSSR count). The Morgan fingerprint density at radius 2 is 1.97 bits per heavy atom. The number of carbonyl (C=O) groups is 1. The number of piperazine rings is 1. The molecule has 1 unspecified atom stereocenters. The molecule has 1 N–H and O–H groups in total. The highest BCUT2D eigenvalue weighted by atomic mass is 32.1. The van der Waals surface area contributed by atoms with Crippen LogP contribution in [-0.4, -0.2) is 47.9 Å². The summed E-state index contributed by atoms with van der Waals surface area (Å²) in [6.45, 7) is 7.56. The van der Waals surface area contributed by atoms with E-state index >= 15 is 0 Å². The van der Waals surface area contributed by atoms with Gasteiger partial charge in [-0.2, -0.15) is 4.37 Å². The van der Waals surface area contributed by atoms with Crippen LogP contribution in [0, 0.1) is 0 Å². The Labute approximate surface area is 181 Å². The van der Waals surface area contributed by atoms with Crippen LogP contribution in [0.1, 0.15) is 36.8 Å². The van der Waals surface area contributed by atoms with Crippen LogP contribution in [-0.2, 0) is 11.2 Å². The second-order valence-corrected chi connectivity index (χ2v) is 9.31. The standard InChI is InChI=1S/C24H28N4OS/c1-17-15-23(29)25-21-9-8-18(16-20(17)21)5-4-10-27-11-13-28(14-12-27)24-19-6-2-3-7-22(19)30-26-24/h2-3,6-9,16-17H,4-5,10-15H2,1H3,(H,25,29). The number of anilines is 2. The van der Waals surface area contributed by atoms with Gasteiger partial charge < -0.3 is 10.2 Å². The van der Waals surface area contributed by atoms with Crippen LogP contribution >= 0.6 is 11.5 Å². The molecule has 0 saturated carbocycles. The first-order valence-corrected chi connectivity index (χ1v) is 11.7. The maximum Gasteiger partial charge on any atom is 0.224 e. The van der Waals surface area contributed by atoms with Gasteiger partial charge in [0.15, 0.2) is 0 Å². The summed E-state index contributed by atoms with van der Waals surface area (Å²) >= 11 is 1.60. The van der Waals surface area contributed by atoms with E-state index in [1.165, 1.54) is 27.6 Å². The summed E-state index contributed by atoms with van der Waals surface area (Å²) in [4.78, 5) is 16.7. The molecule has 1 aromatic heterocycles. The summed E-state index contributed by atoms with van der Waals surface area (Å²) in [5, 5.41) is 4.28. The summed E-state index contributed by atoms with van der Waals surface area (Å²) in [5.74, 6) is 1.60. The highest BCUT2D eigenvalue weighted by Crippen LogP contribution is 2.33. The van der Waals surface area contributed by atoms with Crippen molar-refractivity contribution in [2.24, 2.45) is 0 Å². The number of benzene rings is 2. The molecule has 0 spiro atoms. The van der Waals surface area contributed by atoms with Crippen LogP contribution in [0.25, 0.3) is 10.1 Å². The lowest BCUT2D eigenvalue weighted by atomic mass is 9.90. The zero-order valence-electron chi connectivity index (χ0n) is 17.4. The van der Waals surface area contributed by atoms with Crippen molar-refractivity contribution in [2.45, 2.75) is 32.1 Å². The van der Waals surface area contributed by atoms with Gasteiger partial charge in [-0.15, -0.1) is 0 Å². The number of amides is 1. The molecule has 1 atom stereocenters. The van der Waals surface area contributed by atoms with E-state index in [0.717, 1.165) is 50.6 Å². The second kappa shape index (κ2) is 8.36. The molecule has 3 heterocycles. The van der Waals surface area contributed by atoms with Gasteiger partial charge in [-0.1, -0.05) is 31.2 Å². The first-order chi connectivity index (χ1) is 14.7. The summed E-state index contributed by atoms with van der Waals surface area (Å²) < 4.78 is 5.99. The van der Waals surface area contributed by atoms with Crippen molar-refractivity contribution in [3.63, 3.8) is 0 Å². The molecule has 6 heteroatoms. The molecule has 1 amide bonds. The lowest BCUT2D eigenvalue weighted by molar-refractivity contribution is -0.116. The quantitative estimate of drug-likeness (QED) is 0.660. The third-order valence-electron chi connectivity index (χ3n) is 6.38. The number of carbonyl (C=O) groups excluding carboxylic acids is 1. The number of aryl methyl sites for hydroxylation is 1. The van der Waals surface area contributed by atoms with Crippen LogP contribution in [0.4, 0.5) is 11.5 Å². The van der Waals surface area contributed by atoms with Gasteiger partial charge >= 0.3 is 0 Å². The fourth-order valence-corrected chi connectivity index (χ4v) is 5.46. The summed E-state index contributed by atoms with van der Waals surface area (Å²) in [6, 6.07) is 15.1. The fourth-order valence-electron chi connectivity index (χ4n) is 4.67. The summed E-state index contributed by atoms with van der Waals surface area (Å²) in [6.07, 6.45) is 2.85. The minimum absolute atomic E-state index is 0.132. The number of nitrogens with one attached hydrogen (secondary N) is 1. The van der Waals surface area contributed by atoms with Crippen LogP contribution in [0.2, 0.25) is 0 Å². The third-order valence-corrected chi connectivity index (χ3v) is 7.20. The van der Waals surface area contributed by atoms with Gasteiger partial charge in [0.05, 0.1) is 4.70 Å². The molecule has 0 aliphatic carbocycles. The van der Waals surface area contributed by atoms with Gasteiger partial charge in [0.2, 0.25) is 5.91 Å². The molecule has 5 nitrogen and oxygen atoms in total. The highest BCUT2D eigenvalue weighted by molar-refractivity contribution is 7.13. The van der Waals surface area contributed by atoms with Crippen molar-refractivity contribution < 1.29 is 4.79 Å². The molecule has 2 aliphatic rings. The Morgan fingerprint density at radius 1 is 1.13 bits per heavy atom. The average Bonchev–Trinajstić information content (AvgIpc) is 3.19. The normalized spacial score (nSPS) is 19.7. The molecule has 156 valence electrons. The van der Waals surface area contributed by atoms with E-state index in [9.17, 15) is 4.79 Å². The minimum atomic E-state index is 0.132. The average molecular weight is 421 g/mol. The van der Waals surface area contributed by atoms with Gasteiger partial charge in [0.25, 0.3) is 0 Å². The monoisotopic (exact) mass is 420 g/mol. The van der Waals surface area contributed by atoms with Crippen molar-refractivity contribution in [3.8, 4) is 0 Å². The molecular weight excluding hydrogens is 392 g/mol. The summed E-state index contributed by atoms with van der Waals surface area (Å²) in [7, 11) is 0. The fraction of sp³-hybridized carbons (Fsp3) is 0.417. The predicted octanol–water partition coefficient (Wildman–Crippen LogP) is 4.50. The molecule has 1 fully saturated rings. The van der Waals surface area contributed by atoms with E-state index < -0.39 is 0 Å². The topological polar surface area (TPSA) is 48.5 Å². The number of aromatic nitrogens is 1. The van der Waals surface area contributed by atoms with E-state index in [-0.39, 0.29) is 5.91 Å². The molecule has 0 bridgehead atoms. The SMILES string of the molecule is CC1CC(=O)Nc2ccc(CCCN3CCN(c4nsc5ccccc45)CC3)cc21. The molecular formula is C24H28N4OS. The van der Waals surface area contributed by atoms with Crippen molar-refractivity contribution >= 4 is 39.0 Å². The minimum Gasteiger partial charge on any atom is -0.353 e. The maximum absolute atomic E-state index is 11.7. The van der Waals surface area contributed by atoms with Crippen molar-refractivity contribution in [3.05, 3.63) is 53.6 Å². The van der Waals surface area contributed by atoms with Gasteiger partial charge in [-0.05, 0) is 66.2 Å². The van der Waals surface area contributed by atoms with E-state index in [1.807, 2.05) is 0 Å². The van der Waals surface area contributed by atoms with E-state index in [2.05, 4.69) is 64.5 Å². The Morgan fingerprint density at radius 3 is 2.83 bits per heavy atom. The van der Waals surface area contributed by atoms with Crippen LogP contribution in [0.5, 0.6) is 0 Å². The zero-order valence-corrected chi connectivity index (χ0v) is 18.3. The smallest absolute Gasteiger partial charge is 0.224 e. The van der Waals surface area contributed by atoms with Gasteiger partial charge in [0.1, 0.15) is 5.82 Å². The van der Waals surface area contributed by atoms with Crippen LogP contribution in [0.15, 0.2) is 42.5 Å². The van der Waals surface area contributed by atoms with Gasteiger partial charge in [-0.25, -0.2) is 0 Å². The van der Waals surface area contributed by atoms with Gasteiger partial charge in [-0.3, -0.25) is 9.69 Å². The van der Waals surface area contributed by atoms with Crippen molar-refractivity contribution in [2.75, 3.05) is 42.9 Å². The Bertz CT molecular complexity index is 1050. The number of hydrogen-bond acceptors (Lipinski definition) is 5. The Balaban J connectivity index is 1.13. The number of fused-ring (bicyclic) bond motifs is 2. The van der Waals surface area contributed by atoms with Crippen LogP contribution in [0.3, 0.4) is 0 Å². The molecule has 2 aliphatic heterocycles. The lowest BCUT2D eigenvalue weighted by Gasteiger charge is -2.35. The van der Waals surface area contributed by atoms with Crippen molar-refractivity contribution in [1.82, 2.24) is 9.27 Å².